The molecule has 1 unspecified atom stereocenters. The van der Waals surface area contributed by atoms with Crippen LogP contribution in [0.4, 0.5) is 0 Å². The third-order valence-electron chi connectivity index (χ3n) is 4.06. The number of nitrogens with zero attached hydrogens (tertiary/aromatic N) is 1. The molecule has 19 heavy (non-hydrogen) atoms. The van der Waals surface area contributed by atoms with Crippen molar-refractivity contribution < 1.29 is 5.11 Å². The van der Waals surface area contributed by atoms with E-state index >= 15 is 0 Å². The first-order valence-electron chi connectivity index (χ1n) is 7.44. The first-order valence-corrected chi connectivity index (χ1v) is 11.8. The highest BCUT2D eigenvalue weighted by molar-refractivity contribution is 7.12. The van der Waals surface area contributed by atoms with Crippen molar-refractivity contribution in [3.05, 3.63) is 22.0 Å². The van der Waals surface area contributed by atoms with Gasteiger partial charge in [-0.3, -0.25) is 0 Å². The van der Waals surface area contributed by atoms with Gasteiger partial charge in [-0.05, 0) is 32.1 Å². The summed E-state index contributed by atoms with van der Waals surface area (Å²) in [5.41, 5.74) is 1.25. The Morgan fingerprint density at radius 3 is 2.68 bits per heavy atom. The lowest BCUT2D eigenvalue weighted by Gasteiger charge is -2.37. The summed E-state index contributed by atoms with van der Waals surface area (Å²) in [7, 11) is -1.75. The summed E-state index contributed by atoms with van der Waals surface area (Å²) in [6, 6.07) is 0. The summed E-state index contributed by atoms with van der Waals surface area (Å²) in [5, 5.41) is 11.5. The number of hydrogen-bond acceptors (Lipinski definition) is 3. The van der Waals surface area contributed by atoms with Crippen LogP contribution in [0.15, 0.2) is 0 Å². The summed E-state index contributed by atoms with van der Waals surface area (Å²) >= 11 is 1.76. The van der Waals surface area contributed by atoms with Gasteiger partial charge in [0.05, 0.1) is 13.8 Å². The van der Waals surface area contributed by atoms with E-state index in [1.54, 1.807) is 11.3 Å². The standard InChI is InChI=1S/C15H26NOSSi/c1-5-6-7-11-15(17,19(2,3)4)14-16-12-9-8-10-13(12)18-14/h11,17H,5-10H2,1-4H3. The summed E-state index contributed by atoms with van der Waals surface area (Å²) < 4.78 is 0. The van der Waals surface area contributed by atoms with Crippen LogP contribution in [0, 0.1) is 6.42 Å². The van der Waals surface area contributed by atoms with Gasteiger partial charge in [-0.1, -0.05) is 39.4 Å². The fourth-order valence-corrected chi connectivity index (χ4v) is 6.25. The van der Waals surface area contributed by atoms with Gasteiger partial charge < -0.3 is 5.11 Å². The number of aliphatic hydroxyl groups is 1. The van der Waals surface area contributed by atoms with Gasteiger partial charge in [-0.2, -0.15) is 0 Å². The Kier molecular flexibility index (Phi) is 4.53. The van der Waals surface area contributed by atoms with Gasteiger partial charge in [0.25, 0.3) is 0 Å². The molecule has 1 aliphatic rings. The minimum absolute atomic E-state index is 0.753. The molecule has 1 heterocycles. The van der Waals surface area contributed by atoms with Gasteiger partial charge in [-0.25, -0.2) is 4.98 Å². The quantitative estimate of drug-likeness (QED) is 0.633. The molecular formula is C15H26NOSSi. The molecule has 2 nitrogen and oxygen atoms in total. The molecule has 1 N–H and O–H groups in total. The smallest absolute Gasteiger partial charge is 0.122 e. The Balaban J connectivity index is 2.26. The molecule has 1 aromatic heterocycles. The van der Waals surface area contributed by atoms with E-state index in [9.17, 15) is 5.11 Å². The number of aryl methyl sites for hydroxylation is 2. The second kappa shape index (κ2) is 5.66. The number of fused-ring (bicyclic) bond motifs is 1. The Morgan fingerprint density at radius 2 is 2.11 bits per heavy atom. The van der Waals surface area contributed by atoms with Gasteiger partial charge >= 0.3 is 0 Å². The minimum atomic E-state index is -1.75. The van der Waals surface area contributed by atoms with Crippen molar-refractivity contribution in [1.29, 1.82) is 0 Å². The first kappa shape index (κ1) is 15.2. The zero-order valence-electron chi connectivity index (χ0n) is 12.6. The molecule has 0 saturated heterocycles. The van der Waals surface area contributed by atoms with Crippen LogP contribution in [0.5, 0.6) is 0 Å². The zero-order valence-corrected chi connectivity index (χ0v) is 14.4. The van der Waals surface area contributed by atoms with E-state index in [-0.39, 0.29) is 0 Å². The highest BCUT2D eigenvalue weighted by Gasteiger charge is 2.45. The molecule has 4 heteroatoms. The topological polar surface area (TPSA) is 33.1 Å². The fraction of sp³-hybridized carbons (Fsp3) is 0.733. The molecule has 0 aromatic carbocycles. The molecule has 2 rings (SSSR count). The van der Waals surface area contributed by atoms with E-state index in [0.29, 0.717) is 0 Å². The second-order valence-electron chi connectivity index (χ2n) is 6.61. The predicted molar refractivity (Wildman–Crippen MR) is 85.2 cm³/mol. The van der Waals surface area contributed by atoms with Gasteiger partial charge in [-0.15, -0.1) is 11.3 Å². The van der Waals surface area contributed by atoms with Crippen molar-refractivity contribution in [3.8, 4) is 0 Å². The Hall–Kier alpha value is -0.193. The van der Waals surface area contributed by atoms with Crippen LogP contribution in [0.3, 0.4) is 0 Å². The first-order chi connectivity index (χ1) is 8.88. The molecule has 0 fully saturated rings. The second-order valence-corrected chi connectivity index (χ2v) is 13.0. The summed E-state index contributed by atoms with van der Waals surface area (Å²) in [4.78, 5) is 6.19. The molecule has 1 atom stereocenters. The van der Waals surface area contributed by atoms with Gasteiger partial charge in [0.2, 0.25) is 0 Å². The molecule has 0 bridgehead atoms. The SMILES string of the molecule is CCCC[CH]C(O)(c1nc2c(s1)CCC2)[Si](C)(C)C. The van der Waals surface area contributed by atoms with Crippen molar-refractivity contribution in [2.24, 2.45) is 0 Å². The molecule has 1 aromatic rings. The molecule has 1 radical (unpaired) electrons. The molecule has 0 aliphatic heterocycles. The lowest BCUT2D eigenvalue weighted by molar-refractivity contribution is 0.144. The van der Waals surface area contributed by atoms with Crippen molar-refractivity contribution in [2.75, 3.05) is 0 Å². The molecule has 0 amide bonds. The monoisotopic (exact) mass is 296 g/mol. The average Bonchev–Trinajstić information content (AvgIpc) is 2.87. The van der Waals surface area contributed by atoms with Crippen LogP contribution in [0.25, 0.3) is 0 Å². The summed E-state index contributed by atoms with van der Waals surface area (Å²) in [6.07, 6.45) is 8.95. The van der Waals surface area contributed by atoms with Crippen molar-refractivity contribution in [2.45, 2.75) is 70.3 Å². The van der Waals surface area contributed by atoms with E-state index in [1.165, 1.54) is 23.4 Å². The third-order valence-corrected chi connectivity index (χ3v) is 8.25. The third kappa shape index (κ3) is 2.95. The van der Waals surface area contributed by atoms with Gasteiger partial charge in [0.15, 0.2) is 0 Å². The lowest BCUT2D eigenvalue weighted by Crippen LogP contribution is -2.50. The number of unbranched alkanes of at least 4 members (excludes halogenated alkanes) is 2. The molecule has 0 spiro atoms. The van der Waals surface area contributed by atoms with Crippen LogP contribution < -0.4 is 0 Å². The van der Waals surface area contributed by atoms with Crippen molar-refractivity contribution >= 4 is 19.4 Å². The number of rotatable bonds is 6. The average molecular weight is 297 g/mol. The maximum absolute atomic E-state index is 11.3. The van der Waals surface area contributed by atoms with E-state index in [4.69, 9.17) is 4.98 Å². The maximum Gasteiger partial charge on any atom is 0.122 e. The number of hydrogen-bond donors (Lipinski definition) is 1. The molecule has 0 saturated carbocycles. The number of thiazole rings is 1. The van der Waals surface area contributed by atoms with Crippen LogP contribution in [0.2, 0.25) is 19.6 Å². The Morgan fingerprint density at radius 1 is 1.37 bits per heavy atom. The molecule has 1 aliphatic carbocycles. The van der Waals surface area contributed by atoms with E-state index in [0.717, 1.165) is 30.7 Å². The molecular weight excluding hydrogens is 270 g/mol. The maximum atomic E-state index is 11.3. The highest BCUT2D eigenvalue weighted by Crippen LogP contribution is 2.40. The van der Waals surface area contributed by atoms with E-state index < -0.39 is 13.3 Å². The lowest BCUT2D eigenvalue weighted by atomic mass is 10.1. The van der Waals surface area contributed by atoms with Crippen molar-refractivity contribution in [1.82, 2.24) is 4.98 Å². The van der Waals surface area contributed by atoms with Crippen LogP contribution >= 0.6 is 11.3 Å². The fourth-order valence-electron chi connectivity index (χ4n) is 2.58. The summed E-state index contributed by atoms with van der Waals surface area (Å²) in [5.74, 6) is 0. The number of aromatic nitrogens is 1. The van der Waals surface area contributed by atoms with Gasteiger partial charge in [0, 0.05) is 4.88 Å². The zero-order chi connectivity index (χ0) is 14.1. The normalized spacial score (nSPS) is 18.4. The van der Waals surface area contributed by atoms with Crippen LogP contribution in [0.1, 0.15) is 48.2 Å². The Labute approximate surface area is 122 Å². The predicted octanol–water partition coefficient (Wildman–Crippen LogP) is 4.09. The Bertz CT molecular complexity index is 416. The van der Waals surface area contributed by atoms with E-state index in [1.807, 2.05) is 0 Å². The van der Waals surface area contributed by atoms with Crippen molar-refractivity contribution in [3.63, 3.8) is 0 Å². The minimum Gasteiger partial charge on any atom is -0.386 e. The largest absolute Gasteiger partial charge is 0.386 e. The van der Waals surface area contributed by atoms with Crippen LogP contribution in [-0.4, -0.2) is 18.2 Å². The molecule has 107 valence electrons. The van der Waals surface area contributed by atoms with Gasteiger partial charge in [0.1, 0.15) is 10.2 Å². The highest BCUT2D eigenvalue weighted by atomic mass is 32.1. The summed E-state index contributed by atoms with van der Waals surface area (Å²) in [6.45, 7) is 8.91. The van der Waals surface area contributed by atoms with E-state index in [2.05, 4.69) is 33.0 Å². The van der Waals surface area contributed by atoms with Crippen LogP contribution in [-0.2, 0) is 18.1 Å².